The van der Waals surface area contributed by atoms with Gasteiger partial charge in [0.2, 0.25) is 5.91 Å². The molecule has 0 heterocycles. The first-order valence-electron chi connectivity index (χ1n) is 9.83. The van der Waals surface area contributed by atoms with Gasteiger partial charge in [-0.3, -0.25) is 14.4 Å². The van der Waals surface area contributed by atoms with Crippen LogP contribution in [0.15, 0.2) is 48.5 Å². The molecule has 0 bridgehead atoms. The van der Waals surface area contributed by atoms with Crippen LogP contribution < -0.4 is 15.4 Å². The molecule has 0 aliphatic carbocycles. The van der Waals surface area contributed by atoms with Crippen LogP contribution in [0.3, 0.4) is 0 Å². The molecule has 2 rings (SSSR count). The maximum Gasteiger partial charge on any atom is 0.418 e. The zero-order chi connectivity index (χ0) is 23.6. The molecule has 172 valence electrons. The first-order chi connectivity index (χ1) is 15.2. The molecule has 2 aromatic rings. The van der Waals surface area contributed by atoms with Gasteiger partial charge in [0.15, 0.2) is 6.61 Å². The summed E-state index contributed by atoms with van der Waals surface area (Å²) in [7, 11) is 0. The highest BCUT2D eigenvalue weighted by Gasteiger charge is 2.33. The molecule has 2 amide bonds. The lowest BCUT2D eigenvalue weighted by atomic mass is 10.1. The first kappa shape index (κ1) is 24.7. The quantitative estimate of drug-likeness (QED) is 0.522. The average molecular weight is 452 g/mol. The Morgan fingerprint density at radius 2 is 1.59 bits per heavy atom. The van der Waals surface area contributed by atoms with Crippen LogP contribution in [-0.4, -0.2) is 31.0 Å². The van der Waals surface area contributed by atoms with E-state index in [-0.39, 0.29) is 25.2 Å². The molecule has 0 saturated heterocycles. The van der Waals surface area contributed by atoms with Gasteiger partial charge in [0.05, 0.1) is 17.9 Å². The number of rotatable bonds is 10. The number of alkyl halides is 3. The molecule has 2 aromatic carbocycles. The summed E-state index contributed by atoms with van der Waals surface area (Å²) >= 11 is 0. The molecule has 0 saturated carbocycles. The minimum absolute atomic E-state index is 0.0491. The molecular weight excluding hydrogens is 429 g/mol. The summed E-state index contributed by atoms with van der Waals surface area (Å²) in [5.74, 6) is -1.26. The number of hydrogen-bond donors (Lipinski definition) is 2. The van der Waals surface area contributed by atoms with Crippen LogP contribution in [-0.2, 0) is 25.3 Å². The van der Waals surface area contributed by atoms with Gasteiger partial charge in [-0.05, 0) is 49.7 Å². The number of carbonyl (C=O) groups is 3. The van der Waals surface area contributed by atoms with Crippen molar-refractivity contribution in [2.24, 2.45) is 0 Å². The lowest BCUT2D eigenvalue weighted by molar-refractivity contribution is -0.147. The van der Waals surface area contributed by atoms with Gasteiger partial charge < -0.3 is 20.1 Å². The molecular formula is C22H23F3N2O5. The topological polar surface area (TPSA) is 93.7 Å². The number of amides is 2. The van der Waals surface area contributed by atoms with Crippen LogP contribution >= 0.6 is 0 Å². The van der Waals surface area contributed by atoms with Crippen LogP contribution in [0.2, 0.25) is 0 Å². The summed E-state index contributed by atoms with van der Waals surface area (Å²) < 4.78 is 48.9. The third-order valence-corrected chi connectivity index (χ3v) is 4.10. The summed E-state index contributed by atoms with van der Waals surface area (Å²) in [6.45, 7) is 1.66. The molecule has 0 atom stereocenters. The van der Waals surface area contributed by atoms with Crippen LogP contribution in [0.25, 0.3) is 0 Å². The summed E-state index contributed by atoms with van der Waals surface area (Å²) in [5.41, 5.74) is -0.845. The Hall–Kier alpha value is -3.56. The number of carbonyl (C=O) groups excluding carboxylic acids is 3. The van der Waals surface area contributed by atoms with Gasteiger partial charge in [-0.25, -0.2) is 0 Å². The van der Waals surface area contributed by atoms with Gasteiger partial charge in [-0.15, -0.1) is 0 Å². The maximum atomic E-state index is 12.9. The summed E-state index contributed by atoms with van der Waals surface area (Å²) in [6, 6.07) is 11.3. The molecule has 0 spiro atoms. The van der Waals surface area contributed by atoms with Crippen molar-refractivity contribution in [2.45, 2.75) is 32.4 Å². The van der Waals surface area contributed by atoms with E-state index in [0.29, 0.717) is 18.0 Å². The van der Waals surface area contributed by atoms with Gasteiger partial charge in [0.1, 0.15) is 5.75 Å². The Balaban J connectivity index is 1.69. The minimum atomic E-state index is -4.63. The second-order valence-electron chi connectivity index (χ2n) is 6.61. The van der Waals surface area contributed by atoms with Crippen molar-refractivity contribution >= 4 is 29.2 Å². The minimum Gasteiger partial charge on any atom is -0.494 e. The van der Waals surface area contributed by atoms with Crippen molar-refractivity contribution in [1.29, 1.82) is 0 Å². The van der Waals surface area contributed by atoms with Gasteiger partial charge in [0, 0.05) is 18.5 Å². The Kier molecular flexibility index (Phi) is 9.06. The SMILES string of the molecule is CCOc1ccc(NC(=O)CCCC(=O)OCC(=O)Nc2ccccc2C(F)(F)F)cc1. The number of anilines is 2. The molecule has 7 nitrogen and oxygen atoms in total. The largest absolute Gasteiger partial charge is 0.494 e. The average Bonchev–Trinajstić information content (AvgIpc) is 2.73. The summed E-state index contributed by atoms with van der Waals surface area (Å²) in [5, 5.41) is 4.75. The molecule has 0 aliphatic rings. The monoisotopic (exact) mass is 452 g/mol. The van der Waals surface area contributed by atoms with Crippen LogP contribution in [0.1, 0.15) is 31.7 Å². The maximum absolute atomic E-state index is 12.9. The molecule has 0 aromatic heterocycles. The molecule has 2 N–H and O–H groups in total. The Bertz CT molecular complexity index is 930. The van der Waals surface area contributed by atoms with E-state index in [4.69, 9.17) is 9.47 Å². The smallest absolute Gasteiger partial charge is 0.418 e. The highest BCUT2D eigenvalue weighted by molar-refractivity contribution is 5.93. The second-order valence-corrected chi connectivity index (χ2v) is 6.61. The first-order valence-corrected chi connectivity index (χ1v) is 9.83. The van der Waals surface area contributed by atoms with Crippen molar-refractivity contribution in [3.8, 4) is 5.75 Å². The Morgan fingerprint density at radius 3 is 2.25 bits per heavy atom. The third-order valence-electron chi connectivity index (χ3n) is 4.10. The van der Waals surface area contributed by atoms with Crippen molar-refractivity contribution in [1.82, 2.24) is 0 Å². The molecule has 32 heavy (non-hydrogen) atoms. The van der Waals surface area contributed by atoms with Gasteiger partial charge in [-0.2, -0.15) is 13.2 Å². The van der Waals surface area contributed by atoms with Crippen LogP contribution in [0, 0.1) is 0 Å². The highest BCUT2D eigenvalue weighted by Crippen LogP contribution is 2.34. The van der Waals surface area contributed by atoms with Crippen molar-refractivity contribution in [3.63, 3.8) is 0 Å². The van der Waals surface area contributed by atoms with E-state index in [2.05, 4.69) is 10.6 Å². The number of benzene rings is 2. The van der Waals surface area contributed by atoms with E-state index in [1.54, 1.807) is 24.3 Å². The van der Waals surface area contributed by atoms with E-state index >= 15 is 0 Å². The fourth-order valence-corrected chi connectivity index (χ4v) is 2.66. The van der Waals surface area contributed by atoms with Gasteiger partial charge in [0.25, 0.3) is 5.91 Å². The van der Waals surface area contributed by atoms with Crippen molar-refractivity contribution in [3.05, 3.63) is 54.1 Å². The predicted octanol–water partition coefficient (Wildman–Crippen LogP) is 4.39. The number of esters is 1. The summed E-state index contributed by atoms with van der Waals surface area (Å²) in [6.07, 6.45) is -4.52. The lowest BCUT2D eigenvalue weighted by Gasteiger charge is -2.13. The number of para-hydroxylation sites is 1. The fraction of sp³-hybridized carbons (Fsp3) is 0.318. The van der Waals surface area contributed by atoms with Crippen molar-refractivity contribution in [2.75, 3.05) is 23.8 Å². The standard InChI is InChI=1S/C22H23F3N2O5/c1-2-31-16-12-10-15(11-13-16)26-19(28)8-5-9-21(30)32-14-20(29)27-18-7-4-3-6-17(18)22(23,24)25/h3-4,6-7,10-13H,2,5,8-9,14H2,1H3,(H,26,28)(H,27,29). The fourth-order valence-electron chi connectivity index (χ4n) is 2.66. The molecule has 0 fully saturated rings. The Labute approximate surface area is 182 Å². The van der Waals surface area contributed by atoms with Gasteiger partial charge >= 0.3 is 12.1 Å². The third kappa shape index (κ3) is 8.29. The normalized spacial score (nSPS) is 10.9. The number of hydrogen-bond acceptors (Lipinski definition) is 5. The number of nitrogens with one attached hydrogen (secondary N) is 2. The lowest BCUT2D eigenvalue weighted by Crippen LogP contribution is -2.22. The van der Waals surface area contributed by atoms with Crippen molar-refractivity contribution < 1.29 is 37.0 Å². The molecule has 10 heteroatoms. The predicted molar refractivity (Wildman–Crippen MR) is 111 cm³/mol. The van der Waals surface area contributed by atoms with E-state index in [1.807, 2.05) is 6.92 Å². The zero-order valence-electron chi connectivity index (χ0n) is 17.3. The Morgan fingerprint density at radius 1 is 0.906 bits per heavy atom. The second kappa shape index (κ2) is 11.7. The van der Waals surface area contributed by atoms with E-state index in [9.17, 15) is 27.6 Å². The number of halogens is 3. The van der Waals surface area contributed by atoms with Crippen LogP contribution in [0.5, 0.6) is 5.75 Å². The van der Waals surface area contributed by atoms with Crippen LogP contribution in [0.4, 0.5) is 24.5 Å². The highest BCUT2D eigenvalue weighted by atomic mass is 19.4. The molecule has 0 aliphatic heterocycles. The van der Waals surface area contributed by atoms with E-state index < -0.39 is 35.9 Å². The van der Waals surface area contributed by atoms with E-state index in [0.717, 1.165) is 12.1 Å². The number of ether oxygens (including phenoxy) is 2. The molecule has 0 unspecified atom stereocenters. The summed E-state index contributed by atoms with van der Waals surface area (Å²) in [4.78, 5) is 35.5. The zero-order valence-corrected chi connectivity index (χ0v) is 17.3. The molecule has 0 radical (unpaired) electrons. The van der Waals surface area contributed by atoms with Gasteiger partial charge in [-0.1, -0.05) is 12.1 Å². The van der Waals surface area contributed by atoms with E-state index in [1.165, 1.54) is 12.1 Å².